The maximum absolute atomic E-state index is 13.7. The Hall–Kier alpha value is -1.49. The van der Waals surface area contributed by atoms with E-state index >= 15 is 0 Å². The third kappa shape index (κ3) is 4.27. The smallest absolute Gasteiger partial charge is 0.127 e. The Bertz CT molecular complexity index is 548. The predicted molar refractivity (Wildman–Crippen MR) is 78.8 cm³/mol. The molecule has 1 aromatic carbocycles. The Kier molecular flexibility index (Phi) is 5.47. The van der Waals surface area contributed by atoms with Crippen LogP contribution in [0.15, 0.2) is 42.6 Å². The molecule has 0 saturated heterocycles. The number of hydrazine groups is 1. The molecule has 0 fully saturated rings. The molecule has 2 rings (SSSR count). The summed E-state index contributed by atoms with van der Waals surface area (Å²) in [6.07, 6.45) is 3.87. The van der Waals surface area contributed by atoms with Crippen LogP contribution in [0.2, 0.25) is 5.02 Å². The van der Waals surface area contributed by atoms with Crippen molar-refractivity contribution < 1.29 is 4.39 Å². The Labute approximate surface area is 122 Å². The minimum atomic E-state index is -0.296. The van der Waals surface area contributed by atoms with E-state index in [-0.39, 0.29) is 11.9 Å². The molecule has 1 unspecified atom stereocenters. The molecule has 1 aromatic heterocycles. The average Bonchev–Trinajstić information content (AvgIpc) is 2.46. The standard InChI is InChI=1S/C15H17ClFN3/c16-12-5-4-11(15(17)10-12)9-14(20-18)7-6-13-3-1-2-8-19-13/h1-5,8,10,14,20H,6-7,9,18H2. The summed E-state index contributed by atoms with van der Waals surface area (Å²) >= 11 is 5.74. The first kappa shape index (κ1) is 14.9. The van der Waals surface area contributed by atoms with Crippen molar-refractivity contribution in [2.45, 2.75) is 25.3 Å². The van der Waals surface area contributed by atoms with Crippen LogP contribution in [0.25, 0.3) is 0 Å². The Balaban J connectivity index is 1.95. The van der Waals surface area contributed by atoms with Gasteiger partial charge in [-0.1, -0.05) is 23.7 Å². The van der Waals surface area contributed by atoms with Crippen LogP contribution in [0.5, 0.6) is 0 Å². The van der Waals surface area contributed by atoms with Crippen molar-refractivity contribution in [1.82, 2.24) is 10.4 Å². The Morgan fingerprint density at radius 1 is 1.30 bits per heavy atom. The second-order valence-electron chi connectivity index (χ2n) is 4.66. The molecule has 0 bridgehead atoms. The van der Waals surface area contributed by atoms with E-state index in [2.05, 4.69) is 10.4 Å². The first-order valence-corrected chi connectivity index (χ1v) is 6.87. The number of aromatic nitrogens is 1. The topological polar surface area (TPSA) is 50.9 Å². The quantitative estimate of drug-likeness (QED) is 0.636. The Morgan fingerprint density at radius 2 is 2.15 bits per heavy atom. The number of hydrogen-bond acceptors (Lipinski definition) is 3. The van der Waals surface area contributed by atoms with Gasteiger partial charge < -0.3 is 0 Å². The molecule has 1 atom stereocenters. The number of halogens is 2. The van der Waals surface area contributed by atoms with Crippen molar-refractivity contribution in [3.8, 4) is 0 Å². The molecule has 0 aliphatic heterocycles. The maximum atomic E-state index is 13.7. The van der Waals surface area contributed by atoms with Crippen molar-refractivity contribution in [3.05, 3.63) is 64.7 Å². The number of nitrogens with zero attached hydrogens (tertiary/aromatic N) is 1. The number of pyridine rings is 1. The highest BCUT2D eigenvalue weighted by atomic mass is 35.5. The van der Waals surface area contributed by atoms with Crippen LogP contribution >= 0.6 is 11.6 Å². The molecular formula is C15H17ClFN3. The normalized spacial score (nSPS) is 12.3. The summed E-state index contributed by atoms with van der Waals surface area (Å²) in [6, 6.07) is 10.5. The summed E-state index contributed by atoms with van der Waals surface area (Å²) in [5.74, 6) is 5.25. The third-order valence-electron chi connectivity index (χ3n) is 3.19. The van der Waals surface area contributed by atoms with Crippen molar-refractivity contribution >= 4 is 11.6 Å². The first-order valence-electron chi connectivity index (χ1n) is 6.49. The van der Waals surface area contributed by atoms with Gasteiger partial charge >= 0.3 is 0 Å². The minimum Gasteiger partial charge on any atom is -0.271 e. The lowest BCUT2D eigenvalue weighted by atomic mass is 10.0. The fraction of sp³-hybridized carbons (Fsp3) is 0.267. The van der Waals surface area contributed by atoms with Gasteiger partial charge in [0.05, 0.1) is 0 Å². The van der Waals surface area contributed by atoms with Gasteiger partial charge in [-0.25, -0.2) is 4.39 Å². The van der Waals surface area contributed by atoms with Crippen LogP contribution in [0.1, 0.15) is 17.7 Å². The van der Waals surface area contributed by atoms with E-state index in [1.54, 1.807) is 18.3 Å². The molecule has 3 nitrogen and oxygen atoms in total. The van der Waals surface area contributed by atoms with Crippen molar-refractivity contribution in [2.75, 3.05) is 0 Å². The predicted octanol–water partition coefficient (Wildman–Crippen LogP) is 2.88. The Morgan fingerprint density at radius 3 is 2.80 bits per heavy atom. The van der Waals surface area contributed by atoms with E-state index in [0.717, 1.165) is 18.5 Å². The maximum Gasteiger partial charge on any atom is 0.127 e. The van der Waals surface area contributed by atoms with Crippen LogP contribution in [0, 0.1) is 5.82 Å². The van der Waals surface area contributed by atoms with E-state index in [1.807, 2.05) is 18.2 Å². The second-order valence-corrected chi connectivity index (χ2v) is 5.10. The van der Waals surface area contributed by atoms with Gasteiger partial charge in [0.25, 0.3) is 0 Å². The number of aryl methyl sites for hydroxylation is 1. The number of nitrogens with one attached hydrogen (secondary N) is 1. The monoisotopic (exact) mass is 293 g/mol. The number of hydrogen-bond donors (Lipinski definition) is 2. The van der Waals surface area contributed by atoms with Crippen LogP contribution in [-0.2, 0) is 12.8 Å². The van der Waals surface area contributed by atoms with Gasteiger partial charge in [-0.15, -0.1) is 0 Å². The summed E-state index contributed by atoms with van der Waals surface area (Å²) in [6.45, 7) is 0. The highest BCUT2D eigenvalue weighted by molar-refractivity contribution is 6.30. The van der Waals surface area contributed by atoms with Gasteiger partial charge in [0.2, 0.25) is 0 Å². The SMILES string of the molecule is NNC(CCc1ccccn1)Cc1ccc(Cl)cc1F. The summed E-state index contributed by atoms with van der Waals surface area (Å²) in [5.41, 5.74) is 4.35. The number of rotatable bonds is 6. The molecule has 1 heterocycles. The van der Waals surface area contributed by atoms with Crippen LogP contribution in [0.4, 0.5) is 4.39 Å². The zero-order valence-electron chi connectivity index (χ0n) is 11.0. The van der Waals surface area contributed by atoms with Gasteiger partial charge in [-0.3, -0.25) is 16.3 Å². The molecule has 0 radical (unpaired) electrons. The molecule has 0 aliphatic rings. The molecule has 5 heteroatoms. The van der Waals surface area contributed by atoms with Gasteiger partial charge in [-0.05, 0) is 49.1 Å². The van der Waals surface area contributed by atoms with Crippen LogP contribution < -0.4 is 11.3 Å². The van der Waals surface area contributed by atoms with Crippen LogP contribution in [-0.4, -0.2) is 11.0 Å². The third-order valence-corrected chi connectivity index (χ3v) is 3.43. The zero-order chi connectivity index (χ0) is 14.4. The van der Waals surface area contributed by atoms with Gasteiger partial charge in [0, 0.05) is 23.0 Å². The molecule has 0 amide bonds. The lowest BCUT2D eigenvalue weighted by Gasteiger charge is -2.16. The largest absolute Gasteiger partial charge is 0.271 e. The number of nitrogens with two attached hydrogens (primary N) is 1. The summed E-state index contributed by atoms with van der Waals surface area (Å²) in [7, 11) is 0. The minimum absolute atomic E-state index is 0.00678. The molecule has 2 aromatic rings. The summed E-state index contributed by atoms with van der Waals surface area (Å²) in [5, 5.41) is 0.400. The number of benzene rings is 1. The van der Waals surface area contributed by atoms with E-state index in [1.165, 1.54) is 6.07 Å². The van der Waals surface area contributed by atoms with E-state index < -0.39 is 0 Å². The summed E-state index contributed by atoms with van der Waals surface area (Å²) < 4.78 is 13.7. The lowest BCUT2D eigenvalue weighted by Crippen LogP contribution is -2.37. The van der Waals surface area contributed by atoms with E-state index in [9.17, 15) is 4.39 Å². The zero-order valence-corrected chi connectivity index (χ0v) is 11.8. The molecule has 106 valence electrons. The fourth-order valence-electron chi connectivity index (χ4n) is 2.07. The highest BCUT2D eigenvalue weighted by Gasteiger charge is 2.12. The molecule has 0 aliphatic carbocycles. The van der Waals surface area contributed by atoms with Gasteiger partial charge in [0.1, 0.15) is 5.82 Å². The molecular weight excluding hydrogens is 277 g/mol. The van der Waals surface area contributed by atoms with E-state index in [0.29, 0.717) is 17.0 Å². The van der Waals surface area contributed by atoms with Crippen molar-refractivity contribution in [2.24, 2.45) is 5.84 Å². The molecule has 0 spiro atoms. The second kappa shape index (κ2) is 7.33. The van der Waals surface area contributed by atoms with E-state index in [4.69, 9.17) is 17.4 Å². The van der Waals surface area contributed by atoms with Gasteiger partial charge in [0.15, 0.2) is 0 Å². The first-order chi connectivity index (χ1) is 9.69. The average molecular weight is 294 g/mol. The fourth-order valence-corrected chi connectivity index (χ4v) is 2.22. The molecule has 3 N–H and O–H groups in total. The lowest BCUT2D eigenvalue weighted by molar-refractivity contribution is 0.478. The van der Waals surface area contributed by atoms with Crippen LogP contribution in [0.3, 0.4) is 0 Å². The van der Waals surface area contributed by atoms with Crippen molar-refractivity contribution in [3.63, 3.8) is 0 Å². The van der Waals surface area contributed by atoms with Crippen molar-refractivity contribution in [1.29, 1.82) is 0 Å². The summed E-state index contributed by atoms with van der Waals surface area (Å²) in [4.78, 5) is 4.26. The highest BCUT2D eigenvalue weighted by Crippen LogP contribution is 2.17. The van der Waals surface area contributed by atoms with Gasteiger partial charge in [-0.2, -0.15) is 0 Å². The molecule has 0 saturated carbocycles. The molecule has 20 heavy (non-hydrogen) atoms.